The van der Waals surface area contributed by atoms with Gasteiger partial charge in [0.15, 0.2) is 12.0 Å². The smallest absolute Gasteiger partial charge is 0.226 e. The number of aromatic nitrogens is 1. The molecule has 5 heteroatoms. The van der Waals surface area contributed by atoms with Crippen molar-refractivity contribution in [3.63, 3.8) is 0 Å². The van der Waals surface area contributed by atoms with Crippen molar-refractivity contribution in [2.24, 2.45) is 11.7 Å². The molecule has 1 atom stereocenters. The van der Waals surface area contributed by atoms with Gasteiger partial charge < -0.3 is 15.1 Å². The van der Waals surface area contributed by atoms with Crippen LogP contribution >= 0.6 is 0 Å². The number of hydrogen-bond donors (Lipinski definition) is 1. The molecule has 1 heterocycles. The molecule has 1 aromatic carbocycles. The van der Waals surface area contributed by atoms with Gasteiger partial charge in [-0.1, -0.05) is 13.0 Å². The summed E-state index contributed by atoms with van der Waals surface area (Å²) >= 11 is 0. The van der Waals surface area contributed by atoms with Gasteiger partial charge in [0.2, 0.25) is 5.91 Å². The predicted molar refractivity (Wildman–Crippen MR) is 68.7 cm³/mol. The number of nitrogens with zero attached hydrogens (tertiary/aromatic N) is 2. The molecule has 0 aliphatic rings. The molecule has 18 heavy (non-hydrogen) atoms. The highest BCUT2D eigenvalue weighted by Gasteiger charge is 2.16. The van der Waals surface area contributed by atoms with Crippen LogP contribution in [0, 0.1) is 5.92 Å². The average molecular weight is 247 g/mol. The van der Waals surface area contributed by atoms with E-state index in [1.165, 1.54) is 6.39 Å². The summed E-state index contributed by atoms with van der Waals surface area (Å²) in [5.74, 6) is -0.0980. The lowest BCUT2D eigenvalue weighted by molar-refractivity contribution is -0.133. The lowest BCUT2D eigenvalue weighted by Crippen LogP contribution is -2.34. The largest absolute Gasteiger partial charge is 0.443 e. The summed E-state index contributed by atoms with van der Waals surface area (Å²) in [6.45, 7) is 2.74. The molecule has 2 aromatic rings. The zero-order valence-electron chi connectivity index (χ0n) is 10.6. The van der Waals surface area contributed by atoms with Crippen LogP contribution < -0.4 is 5.73 Å². The Bertz CT molecular complexity index is 550. The fourth-order valence-corrected chi connectivity index (χ4v) is 1.83. The third-order valence-electron chi connectivity index (χ3n) is 2.97. The van der Waals surface area contributed by atoms with Crippen molar-refractivity contribution in [1.29, 1.82) is 0 Å². The van der Waals surface area contributed by atoms with E-state index in [4.69, 9.17) is 10.2 Å². The molecule has 96 valence electrons. The minimum absolute atomic E-state index is 0.0511. The highest BCUT2D eigenvalue weighted by atomic mass is 16.3. The third kappa shape index (κ3) is 2.51. The zero-order chi connectivity index (χ0) is 13.1. The van der Waals surface area contributed by atoms with E-state index in [9.17, 15) is 4.79 Å². The summed E-state index contributed by atoms with van der Waals surface area (Å²) in [4.78, 5) is 17.6. The Balaban J connectivity index is 2.10. The number of carbonyl (C=O) groups is 1. The van der Waals surface area contributed by atoms with Crippen molar-refractivity contribution in [3.05, 3.63) is 30.2 Å². The predicted octanol–water partition coefficient (Wildman–Crippen LogP) is 1.38. The van der Waals surface area contributed by atoms with Gasteiger partial charge in [-0.25, -0.2) is 4.98 Å². The molecule has 2 N–H and O–H groups in total. The van der Waals surface area contributed by atoms with Crippen LogP contribution in [-0.4, -0.2) is 29.4 Å². The molecular formula is C13H17N3O2. The van der Waals surface area contributed by atoms with Gasteiger partial charge in [-0.15, -0.1) is 0 Å². The van der Waals surface area contributed by atoms with Gasteiger partial charge in [0.25, 0.3) is 0 Å². The highest BCUT2D eigenvalue weighted by Crippen LogP contribution is 2.15. The van der Waals surface area contributed by atoms with Gasteiger partial charge in [0.05, 0.1) is 0 Å². The number of oxazole rings is 1. The molecule has 0 saturated heterocycles. The molecule has 0 aliphatic carbocycles. The Hall–Kier alpha value is -1.88. The zero-order valence-corrected chi connectivity index (χ0v) is 10.6. The molecule has 0 spiro atoms. The van der Waals surface area contributed by atoms with Crippen molar-refractivity contribution in [2.45, 2.75) is 13.5 Å². The topological polar surface area (TPSA) is 72.4 Å². The Morgan fingerprint density at radius 3 is 3.06 bits per heavy atom. The van der Waals surface area contributed by atoms with E-state index >= 15 is 0 Å². The Labute approximate surface area is 106 Å². The molecule has 2 rings (SSSR count). The van der Waals surface area contributed by atoms with Gasteiger partial charge in [-0.2, -0.15) is 0 Å². The second kappa shape index (κ2) is 5.18. The maximum absolute atomic E-state index is 11.9. The molecule has 1 aromatic heterocycles. The van der Waals surface area contributed by atoms with Crippen LogP contribution in [0.25, 0.3) is 11.1 Å². The van der Waals surface area contributed by atoms with Crippen LogP contribution in [0.1, 0.15) is 12.5 Å². The van der Waals surface area contributed by atoms with Gasteiger partial charge in [-0.05, 0) is 17.7 Å². The number of hydrogen-bond acceptors (Lipinski definition) is 4. The molecule has 0 saturated carbocycles. The van der Waals surface area contributed by atoms with Crippen LogP contribution in [0.5, 0.6) is 0 Å². The fraction of sp³-hybridized carbons (Fsp3) is 0.385. The summed E-state index contributed by atoms with van der Waals surface area (Å²) in [6, 6.07) is 5.74. The maximum Gasteiger partial charge on any atom is 0.226 e. The molecule has 0 fully saturated rings. The van der Waals surface area contributed by atoms with Gasteiger partial charge >= 0.3 is 0 Å². The molecule has 1 unspecified atom stereocenters. The highest BCUT2D eigenvalue weighted by molar-refractivity contribution is 5.78. The summed E-state index contributed by atoms with van der Waals surface area (Å²) in [5.41, 5.74) is 8.07. The van der Waals surface area contributed by atoms with Crippen LogP contribution in [0.2, 0.25) is 0 Å². The minimum Gasteiger partial charge on any atom is -0.443 e. The van der Waals surface area contributed by atoms with E-state index in [1.807, 2.05) is 25.1 Å². The van der Waals surface area contributed by atoms with Crippen molar-refractivity contribution in [2.75, 3.05) is 13.6 Å². The third-order valence-corrected chi connectivity index (χ3v) is 2.97. The molecular weight excluding hydrogens is 230 g/mol. The van der Waals surface area contributed by atoms with E-state index in [1.54, 1.807) is 11.9 Å². The number of rotatable bonds is 4. The van der Waals surface area contributed by atoms with Crippen LogP contribution in [-0.2, 0) is 11.3 Å². The van der Waals surface area contributed by atoms with E-state index in [0.717, 1.165) is 16.7 Å². The molecule has 0 radical (unpaired) electrons. The first kappa shape index (κ1) is 12.6. The second-order valence-corrected chi connectivity index (χ2v) is 4.49. The van der Waals surface area contributed by atoms with Gasteiger partial charge in [0.1, 0.15) is 5.52 Å². The van der Waals surface area contributed by atoms with E-state index in [-0.39, 0.29) is 11.8 Å². The summed E-state index contributed by atoms with van der Waals surface area (Å²) in [6.07, 6.45) is 1.42. The lowest BCUT2D eigenvalue weighted by atomic mass is 10.1. The molecule has 1 amide bonds. The van der Waals surface area contributed by atoms with E-state index in [0.29, 0.717) is 13.1 Å². The summed E-state index contributed by atoms with van der Waals surface area (Å²) in [5, 5.41) is 0. The van der Waals surface area contributed by atoms with E-state index in [2.05, 4.69) is 4.98 Å². The summed E-state index contributed by atoms with van der Waals surface area (Å²) in [7, 11) is 1.78. The molecule has 0 bridgehead atoms. The first-order chi connectivity index (χ1) is 8.61. The number of nitrogens with two attached hydrogens (primary N) is 1. The number of benzene rings is 1. The number of fused-ring (bicyclic) bond motifs is 1. The number of carbonyl (C=O) groups excluding carboxylic acids is 1. The van der Waals surface area contributed by atoms with Crippen LogP contribution in [0.4, 0.5) is 0 Å². The quantitative estimate of drug-likeness (QED) is 0.886. The Kier molecular flexibility index (Phi) is 3.62. The van der Waals surface area contributed by atoms with Gasteiger partial charge in [0, 0.05) is 26.1 Å². The van der Waals surface area contributed by atoms with Crippen LogP contribution in [0.3, 0.4) is 0 Å². The van der Waals surface area contributed by atoms with E-state index < -0.39 is 0 Å². The first-order valence-corrected chi connectivity index (χ1v) is 5.89. The monoisotopic (exact) mass is 247 g/mol. The Morgan fingerprint density at radius 1 is 1.56 bits per heavy atom. The Morgan fingerprint density at radius 2 is 2.33 bits per heavy atom. The standard InChI is InChI=1S/C13H17N3O2/c1-9(6-14)13(17)16(2)7-10-3-4-11-12(5-10)18-8-15-11/h3-5,8-9H,6-7,14H2,1-2H3. The van der Waals surface area contributed by atoms with Crippen LogP contribution in [0.15, 0.2) is 29.0 Å². The second-order valence-electron chi connectivity index (χ2n) is 4.49. The van der Waals surface area contributed by atoms with Crippen molar-refractivity contribution in [1.82, 2.24) is 9.88 Å². The van der Waals surface area contributed by atoms with Gasteiger partial charge in [-0.3, -0.25) is 4.79 Å². The van der Waals surface area contributed by atoms with Crippen molar-refractivity contribution < 1.29 is 9.21 Å². The maximum atomic E-state index is 11.9. The molecule has 5 nitrogen and oxygen atoms in total. The fourth-order valence-electron chi connectivity index (χ4n) is 1.83. The lowest BCUT2D eigenvalue weighted by Gasteiger charge is -2.20. The average Bonchev–Trinajstić information content (AvgIpc) is 2.84. The van der Waals surface area contributed by atoms with Crippen molar-refractivity contribution >= 4 is 17.0 Å². The number of amides is 1. The minimum atomic E-state index is -0.149. The molecule has 0 aliphatic heterocycles. The SMILES string of the molecule is CC(CN)C(=O)N(C)Cc1ccc2ncoc2c1. The summed E-state index contributed by atoms with van der Waals surface area (Å²) < 4.78 is 5.23. The first-order valence-electron chi connectivity index (χ1n) is 5.89. The van der Waals surface area contributed by atoms with Crippen molar-refractivity contribution in [3.8, 4) is 0 Å². The normalized spacial score (nSPS) is 12.6.